The minimum atomic E-state index is -0.221. The summed E-state index contributed by atoms with van der Waals surface area (Å²) in [5.74, 6) is 0.855. The summed E-state index contributed by atoms with van der Waals surface area (Å²) in [5.41, 5.74) is 4.07. The highest BCUT2D eigenvalue weighted by atomic mass is 35.5. The van der Waals surface area contributed by atoms with E-state index in [0.717, 1.165) is 16.2 Å². The molecule has 120 valence electrons. The summed E-state index contributed by atoms with van der Waals surface area (Å²) in [6.45, 7) is 2.06. The number of phenolic OH excluding ortho intramolecular Hbond substituents is 1. The van der Waals surface area contributed by atoms with Crippen molar-refractivity contribution < 1.29 is 9.90 Å². The first-order valence-corrected chi connectivity index (χ1v) is 8.47. The van der Waals surface area contributed by atoms with Gasteiger partial charge in [0.15, 0.2) is 0 Å². The lowest BCUT2D eigenvalue weighted by Gasteiger charge is -2.08. The number of amides is 1. The van der Waals surface area contributed by atoms with E-state index in [9.17, 15) is 9.90 Å². The van der Waals surface area contributed by atoms with Crippen LogP contribution in [0.15, 0.2) is 52.5 Å². The van der Waals surface area contributed by atoms with Gasteiger partial charge in [0, 0.05) is 9.92 Å². The Bertz CT molecular complexity index is 719. The number of halogens is 1. The molecule has 0 aliphatic rings. The minimum Gasteiger partial charge on any atom is -0.508 e. The van der Waals surface area contributed by atoms with Crippen LogP contribution in [0.25, 0.3) is 0 Å². The number of phenols is 1. The number of aromatic hydroxyl groups is 1. The largest absolute Gasteiger partial charge is 0.508 e. The van der Waals surface area contributed by atoms with Gasteiger partial charge in [-0.3, -0.25) is 4.79 Å². The molecule has 6 heteroatoms. The van der Waals surface area contributed by atoms with Gasteiger partial charge in [0.2, 0.25) is 5.91 Å². The molecule has 0 unspecified atom stereocenters. The smallest absolute Gasteiger partial charge is 0.244 e. The second-order valence-corrected chi connectivity index (χ2v) is 6.49. The number of nitrogens with one attached hydrogen (secondary N) is 1. The van der Waals surface area contributed by atoms with Crippen LogP contribution >= 0.6 is 23.4 Å². The zero-order valence-electron chi connectivity index (χ0n) is 12.6. The van der Waals surface area contributed by atoms with Crippen LogP contribution in [0, 0.1) is 0 Å². The maximum absolute atomic E-state index is 12.0. The summed E-state index contributed by atoms with van der Waals surface area (Å²) >= 11 is 7.68. The maximum atomic E-state index is 12.0. The van der Waals surface area contributed by atoms with Gasteiger partial charge in [0.05, 0.1) is 12.6 Å². The topological polar surface area (TPSA) is 61.7 Å². The van der Waals surface area contributed by atoms with Crippen LogP contribution in [0.4, 0.5) is 0 Å². The molecule has 2 aromatic rings. The van der Waals surface area contributed by atoms with Crippen molar-refractivity contribution in [1.29, 1.82) is 0 Å². The van der Waals surface area contributed by atoms with Gasteiger partial charge >= 0.3 is 0 Å². The van der Waals surface area contributed by atoms with Crippen LogP contribution in [0.2, 0.25) is 5.02 Å². The van der Waals surface area contributed by atoms with E-state index in [0.29, 0.717) is 10.6 Å². The van der Waals surface area contributed by atoms with Gasteiger partial charge in [-0.15, -0.1) is 11.8 Å². The molecule has 0 aliphatic carbocycles. The normalized spacial score (nSPS) is 10.9. The number of carbonyl (C=O) groups excluding carboxylic acids is 1. The second-order valence-electron chi connectivity index (χ2n) is 4.75. The van der Waals surface area contributed by atoms with E-state index in [-0.39, 0.29) is 18.1 Å². The predicted molar refractivity (Wildman–Crippen MR) is 95.4 cm³/mol. The predicted octanol–water partition coefficient (Wildman–Crippen LogP) is 3.85. The van der Waals surface area contributed by atoms with Crippen LogP contribution in [-0.2, 0) is 11.2 Å². The maximum Gasteiger partial charge on any atom is 0.244 e. The van der Waals surface area contributed by atoms with Gasteiger partial charge < -0.3 is 5.11 Å². The van der Waals surface area contributed by atoms with Gasteiger partial charge in [-0.25, -0.2) is 5.43 Å². The zero-order valence-corrected chi connectivity index (χ0v) is 14.2. The fourth-order valence-corrected chi connectivity index (χ4v) is 2.97. The fraction of sp³-hybridized carbons (Fsp3) is 0.176. The zero-order chi connectivity index (χ0) is 16.7. The molecule has 2 rings (SSSR count). The lowest BCUT2D eigenvalue weighted by molar-refractivity contribution is -0.120. The van der Waals surface area contributed by atoms with E-state index in [1.807, 2.05) is 12.1 Å². The number of benzene rings is 2. The van der Waals surface area contributed by atoms with Crippen molar-refractivity contribution in [1.82, 2.24) is 5.43 Å². The molecule has 2 N–H and O–H groups in total. The van der Waals surface area contributed by atoms with Crippen LogP contribution in [0.1, 0.15) is 18.1 Å². The molecule has 0 saturated heterocycles. The van der Waals surface area contributed by atoms with Crippen molar-refractivity contribution in [2.45, 2.75) is 18.2 Å². The summed E-state index contributed by atoms with van der Waals surface area (Å²) in [5, 5.41) is 13.9. The third-order valence-electron chi connectivity index (χ3n) is 2.95. The minimum absolute atomic E-state index is 0.153. The first kappa shape index (κ1) is 17.4. The second kappa shape index (κ2) is 8.60. The van der Waals surface area contributed by atoms with E-state index >= 15 is 0 Å². The number of rotatable bonds is 6. The van der Waals surface area contributed by atoms with Crippen molar-refractivity contribution in [3.8, 4) is 5.75 Å². The molecule has 0 aliphatic heterocycles. The Kier molecular flexibility index (Phi) is 6.50. The van der Waals surface area contributed by atoms with Crippen molar-refractivity contribution in [2.24, 2.45) is 5.10 Å². The number of nitrogens with zero attached hydrogens (tertiary/aromatic N) is 1. The third-order valence-corrected chi connectivity index (χ3v) is 4.18. The van der Waals surface area contributed by atoms with Crippen LogP contribution in [0.3, 0.4) is 0 Å². The monoisotopic (exact) mass is 348 g/mol. The molecule has 0 fully saturated rings. The Morgan fingerprint density at radius 2 is 2.17 bits per heavy atom. The summed E-state index contributed by atoms with van der Waals surface area (Å²) in [6, 6.07) is 12.2. The molecule has 23 heavy (non-hydrogen) atoms. The standard InChI is InChI=1S/C17H17ClN2O2S/c1-2-23-16-7-6-14(18)9-13(16)10-17(22)20-19-11-12-4-3-5-15(21)8-12/h3-9,11,21H,2,10H2,1H3,(H,20,22)/b19-11-. The molecule has 1 amide bonds. The Morgan fingerprint density at radius 1 is 1.35 bits per heavy atom. The highest BCUT2D eigenvalue weighted by Gasteiger charge is 2.08. The van der Waals surface area contributed by atoms with E-state index in [1.165, 1.54) is 6.21 Å². The van der Waals surface area contributed by atoms with Gasteiger partial charge in [-0.1, -0.05) is 30.7 Å². The number of hydrazone groups is 1. The number of carbonyl (C=O) groups is 1. The first-order valence-electron chi connectivity index (χ1n) is 7.10. The first-order chi connectivity index (χ1) is 11.1. The molecular formula is C17H17ClN2O2S. The molecule has 0 heterocycles. The third kappa shape index (κ3) is 5.62. The Morgan fingerprint density at radius 3 is 2.91 bits per heavy atom. The van der Waals surface area contributed by atoms with Gasteiger partial charge in [0.1, 0.15) is 5.75 Å². The van der Waals surface area contributed by atoms with E-state index in [1.54, 1.807) is 42.1 Å². The number of hydrogen-bond donors (Lipinski definition) is 2. The number of hydrogen-bond acceptors (Lipinski definition) is 4. The van der Waals surface area contributed by atoms with E-state index in [2.05, 4.69) is 17.5 Å². The quantitative estimate of drug-likeness (QED) is 0.473. The Labute approximate surface area is 144 Å². The fourth-order valence-electron chi connectivity index (χ4n) is 1.98. The van der Waals surface area contributed by atoms with Crippen LogP contribution in [-0.4, -0.2) is 23.0 Å². The number of thioether (sulfide) groups is 1. The summed E-state index contributed by atoms with van der Waals surface area (Å²) in [4.78, 5) is 13.1. The lowest BCUT2D eigenvalue weighted by Crippen LogP contribution is -2.20. The van der Waals surface area contributed by atoms with Gasteiger partial charge in [-0.05, 0) is 47.2 Å². The van der Waals surface area contributed by atoms with E-state index < -0.39 is 0 Å². The van der Waals surface area contributed by atoms with Crippen molar-refractivity contribution in [3.63, 3.8) is 0 Å². The Balaban J connectivity index is 1.98. The lowest BCUT2D eigenvalue weighted by atomic mass is 10.1. The molecule has 4 nitrogen and oxygen atoms in total. The summed E-state index contributed by atoms with van der Waals surface area (Å²) in [6.07, 6.45) is 1.69. The highest BCUT2D eigenvalue weighted by Crippen LogP contribution is 2.26. The van der Waals surface area contributed by atoms with Crippen molar-refractivity contribution in [2.75, 3.05) is 5.75 Å². The van der Waals surface area contributed by atoms with Crippen molar-refractivity contribution >= 4 is 35.5 Å². The Hall–Kier alpha value is -1.98. The molecule has 0 spiro atoms. The highest BCUT2D eigenvalue weighted by molar-refractivity contribution is 7.99. The van der Waals surface area contributed by atoms with E-state index in [4.69, 9.17) is 11.6 Å². The summed E-state index contributed by atoms with van der Waals surface area (Å²) < 4.78 is 0. The summed E-state index contributed by atoms with van der Waals surface area (Å²) in [7, 11) is 0. The average Bonchev–Trinajstić information content (AvgIpc) is 2.50. The van der Waals surface area contributed by atoms with Crippen LogP contribution < -0.4 is 5.43 Å². The molecule has 0 saturated carbocycles. The van der Waals surface area contributed by atoms with Crippen molar-refractivity contribution in [3.05, 3.63) is 58.6 Å². The molecule has 0 bridgehead atoms. The molecule has 0 atom stereocenters. The molecular weight excluding hydrogens is 332 g/mol. The molecule has 0 aromatic heterocycles. The molecule has 2 aromatic carbocycles. The molecule has 0 radical (unpaired) electrons. The average molecular weight is 349 g/mol. The van der Waals surface area contributed by atoms with Crippen LogP contribution in [0.5, 0.6) is 5.75 Å². The van der Waals surface area contributed by atoms with Gasteiger partial charge in [-0.2, -0.15) is 5.10 Å². The SMILES string of the molecule is CCSc1ccc(Cl)cc1CC(=O)N/N=C\c1cccc(O)c1. The van der Waals surface area contributed by atoms with Gasteiger partial charge in [0.25, 0.3) is 0 Å².